The second kappa shape index (κ2) is 9.35. The van der Waals surface area contributed by atoms with E-state index in [1.165, 1.54) is 10.2 Å². The van der Waals surface area contributed by atoms with E-state index in [1.54, 1.807) is 24.7 Å². The van der Waals surface area contributed by atoms with Crippen molar-refractivity contribution in [2.45, 2.75) is 27.7 Å². The third-order valence-corrected chi connectivity index (χ3v) is 6.22. The van der Waals surface area contributed by atoms with Crippen LogP contribution in [-0.2, 0) is 11.8 Å². The van der Waals surface area contributed by atoms with Gasteiger partial charge >= 0.3 is 0 Å². The molecule has 2 aromatic heterocycles. The molecule has 0 radical (unpaired) electrons. The van der Waals surface area contributed by atoms with Crippen LogP contribution >= 0.6 is 0 Å². The van der Waals surface area contributed by atoms with Crippen molar-refractivity contribution in [3.05, 3.63) is 105 Å². The smallest absolute Gasteiger partial charge is 0.295 e. The minimum Gasteiger partial charge on any atom is -0.318 e. The van der Waals surface area contributed by atoms with Crippen LogP contribution in [0.2, 0.25) is 0 Å². The molecule has 1 amide bonds. The maximum Gasteiger partial charge on any atom is 0.295 e. The quantitative estimate of drug-likeness (QED) is 0.341. The molecule has 7 nitrogen and oxygen atoms in total. The van der Waals surface area contributed by atoms with Crippen LogP contribution in [0.25, 0.3) is 17.5 Å². The Hall–Kier alpha value is -4.57. The molecule has 0 fully saturated rings. The zero-order valence-corrected chi connectivity index (χ0v) is 20.5. The maximum absolute atomic E-state index is 13.1. The number of benzene rings is 2. The molecule has 7 heteroatoms. The number of carbonyl (C=O) groups is 1. The summed E-state index contributed by atoms with van der Waals surface area (Å²) in [4.78, 5) is 26.2. The Bertz CT molecular complexity index is 1540. The molecule has 4 rings (SSSR count). The summed E-state index contributed by atoms with van der Waals surface area (Å²) >= 11 is 0. The first-order chi connectivity index (χ1) is 16.7. The standard InChI is InChI=1S/C28H27N5O2/c1-18-11-13-24(14-12-18)32-19(2)15-22(20(32)3)16-23(17-29)27(34)30-26-21(4)31(5)33(28(26)35)25-9-7-6-8-10-25/h6-16H,1-5H3,(H,30,34)/b23-16+. The normalized spacial score (nSPS) is 11.4. The molecule has 1 N–H and O–H groups in total. The van der Waals surface area contributed by atoms with Gasteiger partial charge in [-0.25, -0.2) is 4.68 Å². The second-order valence-corrected chi connectivity index (χ2v) is 8.56. The van der Waals surface area contributed by atoms with Gasteiger partial charge in [-0.3, -0.25) is 14.3 Å². The first-order valence-electron chi connectivity index (χ1n) is 11.3. The van der Waals surface area contributed by atoms with Crippen molar-refractivity contribution >= 4 is 17.7 Å². The van der Waals surface area contributed by atoms with Crippen LogP contribution < -0.4 is 10.9 Å². The second-order valence-electron chi connectivity index (χ2n) is 8.56. The van der Waals surface area contributed by atoms with Crippen LogP contribution in [-0.4, -0.2) is 19.8 Å². The van der Waals surface area contributed by atoms with Gasteiger partial charge in [0.15, 0.2) is 0 Å². The van der Waals surface area contributed by atoms with E-state index in [2.05, 4.69) is 9.88 Å². The highest BCUT2D eigenvalue weighted by molar-refractivity contribution is 6.10. The highest BCUT2D eigenvalue weighted by atomic mass is 16.2. The summed E-state index contributed by atoms with van der Waals surface area (Å²) in [5.41, 5.74) is 5.81. The molecule has 0 aliphatic heterocycles. The molecule has 0 spiro atoms. The van der Waals surface area contributed by atoms with Crippen molar-refractivity contribution in [2.24, 2.45) is 7.05 Å². The summed E-state index contributed by atoms with van der Waals surface area (Å²) in [5, 5.41) is 12.4. The van der Waals surface area contributed by atoms with Gasteiger partial charge in [0.2, 0.25) is 0 Å². The van der Waals surface area contributed by atoms with Crippen molar-refractivity contribution in [3.8, 4) is 17.4 Å². The summed E-state index contributed by atoms with van der Waals surface area (Å²) in [5.74, 6) is -0.626. The van der Waals surface area contributed by atoms with Crippen molar-refractivity contribution < 1.29 is 4.79 Å². The van der Waals surface area contributed by atoms with E-state index in [0.29, 0.717) is 11.4 Å². The van der Waals surface area contributed by atoms with Crippen LogP contribution in [0.3, 0.4) is 0 Å². The molecule has 0 saturated heterocycles. The number of nitrogens with zero attached hydrogens (tertiary/aromatic N) is 4. The lowest BCUT2D eigenvalue weighted by atomic mass is 10.1. The predicted octanol–water partition coefficient (Wildman–Crippen LogP) is 4.75. The molecule has 0 bridgehead atoms. The Morgan fingerprint density at radius 3 is 2.23 bits per heavy atom. The predicted molar refractivity (Wildman–Crippen MR) is 138 cm³/mol. The number of nitriles is 1. The Balaban J connectivity index is 1.68. The third kappa shape index (κ3) is 4.34. The average Bonchev–Trinajstić information content (AvgIpc) is 3.24. The van der Waals surface area contributed by atoms with E-state index in [0.717, 1.165) is 22.6 Å². The number of nitrogens with one attached hydrogen (secondary N) is 1. The lowest BCUT2D eigenvalue weighted by Gasteiger charge is -2.10. The van der Waals surface area contributed by atoms with Crippen LogP contribution in [0.1, 0.15) is 28.2 Å². The molecular formula is C28H27N5O2. The molecule has 0 saturated carbocycles. The molecule has 4 aromatic rings. The van der Waals surface area contributed by atoms with E-state index in [1.807, 2.05) is 87.5 Å². The van der Waals surface area contributed by atoms with Gasteiger partial charge in [-0.1, -0.05) is 35.9 Å². The highest BCUT2D eigenvalue weighted by Gasteiger charge is 2.20. The molecule has 0 aliphatic rings. The molecule has 2 heterocycles. The van der Waals surface area contributed by atoms with Crippen LogP contribution in [0.5, 0.6) is 0 Å². The summed E-state index contributed by atoms with van der Waals surface area (Å²) in [6.07, 6.45) is 1.57. The van der Waals surface area contributed by atoms with Gasteiger partial charge in [-0.2, -0.15) is 5.26 Å². The maximum atomic E-state index is 13.1. The molecule has 0 aliphatic carbocycles. The lowest BCUT2D eigenvalue weighted by molar-refractivity contribution is -0.112. The molecular weight excluding hydrogens is 438 g/mol. The van der Waals surface area contributed by atoms with Gasteiger partial charge in [-0.15, -0.1) is 0 Å². The van der Waals surface area contributed by atoms with E-state index in [4.69, 9.17) is 0 Å². The topological polar surface area (TPSA) is 84.8 Å². The minimum absolute atomic E-state index is 0.0805. The van der Waals surface area contributed by atoms with Gasteiger partial charge in [0.1, 0.15) is 17.3 Å². The van der Waals surface area contributed by atoms with Gasteiger partial charge in [0.25, 0.3) is 11.5 Å². The largest absolute Gasteiger partial charge is 0.318 e. The lowest BCUT2D eigenvalue weighted by Crippen LogP contribution is -2.23. The van der Waals surface area contributed by atoms with Crippen molar-refractivity contribution in [2.75, 3.05) is 5.32 Å². The minimum atomic E-state index is -0.626. The fourth-order valence-corrected chi connectivity index (χ4v) is 4.22. The number of amides is 1. The van der Waals surface area contributed by atoms with E-state index < -0.39 is 5.91 Å². The number of aromatic nitrogens is 3. The molecule has 176 valence electrons. The van der Waals surface area contributed by atoms with Crippen LogP contribution in [0, 0.1) is 39.0 Å². The van der Waals surface area contributed by atoms with Crippen LogP contribution in [0.4, 0.5) is 5.69 Å². The Kier molecular flexibility index (Phi) is 6.30. The summed E-state index contributed by atoms with van der Waals surface area (Å²) in [6, 6.07) is 21.3. The van der Waals surface area contributed by atoms with Gasteiger partial charge in [0, 0.05) is 24.1 Å². The molecule has 0 atom stereocenters. The van der Waals surface area contributed by atoms with Crippen LogP contribution in [0.15, 0.2) is 71.0 Å². The monoisotopic (exact) mass is 465 g/mol. The Labute approximate surface area is 204 Å². The number of anilines is 1. The Morgan fingerprint density at radius 1 is 0.943 bits per heavy atom. The molecule has 35 heavy (non-hydrogen) atoms. The summed E-state index contributed by atoms with van der Waals surface area (Å²) in [7, 11) is 1.75. The fraction of sp³-hybridized carbons (Fsp3) is 0.179. The van der Waals surface area contributed by atoms with Crippen molar-refractivity contribution in [3.63, 3.8) is 0 Å². The zero-order valence-electron chi connectivity index (χ0n) is 20.5. The SMILES string of the molecule is Cc1ccc(-n2c(C)cc(/C=C(\C#N)C(=O)Nc3c(C)n(C)n(-c4ccccc4)c3=O)c2C)cc1. The van der Waals surface area contributed by atoms with Gasteiger partial charge < -0.3 is 9.88 Å². The number of para-hydroxylation sites is 1. The van der Waals surface area contributed by atoms with E-state index in [9.17, 15) is 14.9 Å². The number of hydrogen-bond donors (Lipinski definition) is 1. The number of aryl methyl sites for hydroxylation is 2. The van der Waals surface area contributed by atoms with E-state index >= 15 is 0 Å². The fourth-order valence-electron chi connectivity index (χ4n) is 4.22. The summed E-state index contributed by atoms with van der Waals surface area (Å²) < 4.78 is 5.24. The van der Waals surface area contributed by atoms with Gasteiger partial charge in [0.05, 0.1) is 11.4 Å². The van der Waals surface area contributed by atoms with Crippen molar-refractivity contribution in [1.82, 2.24) is 13.9 Å². The highest BCUT2D eigenvalue weighted by Crippen LogP contribution is 2.24. The number of hydrogen-bond acceptors (Lipinski definition) is 3. The zero-order chi connectivity index (χ0) is 25.3. The first kappa shape index (κ1) is 23.6. The molecule has 0 unspecified atom stereocenters. The summed E-state index contributed by atoms with van der Waals surface area (Å²) in [6.45, 7) is 7.72. The number of rotatable bonds is 5. The number of carbonyl (C=O) groups excluding carboxylic acids is 1. The Morgan fingerprint density at radius 2 is 1.60 bits per heavy atom. The first-order valence-corrected chi connectivity index (χ1v) is 11.3. The van der Waals surface area contributed by atoms with E-state index in [-0.39, 0.29) is 16.8 Å². The molecule has 2 aromatic carbocycles. The van der Waals surface area contributed by atoms with Crippen molar-refractivity contribution in [1.29, 1.82) is 5.26 Å². The van der Waals surface area contributed by atoms with Gasteiger partial charge in [-0.05, 0) is 69.7 Å². The third-order valence-electron chi connectivity index (χ3n) is 6.22. The average molecular weight is 466 g/mol.